The Balaban J connectivity index is 1.36. The van der Waals surface area contributed by atoms with Crippen molar-refractivity contribution in [2.45, 2.75) is 43.8 Å². The van der Waals surface area contributed by atoms with E-state index < -0.39 is 12.5 Å². The van der Waals surface area contributed by atoms with Crippen LogP contribution in [-0.4, -0.2) is 69.9 Å². The third-order valence-corrected chi connectivity index (χ3v) is 5.29. The average Bonchev–Trinajstić information content (AvgIpc) is 3.20. The highest BCUT2D eigenvalue weighted by Crippen LogP contribution is 2.29. The normalized spacial score (nSPS) is 29.7. The Morgan fingerprint density at radius 1 is 1.38 bits per heavy atom. The Hall–Kier alpha value is -1.67. The second-order valence-corrected chi connectivity index (χ2v) is 6.93. The van der Waals surface area contributed by atoms with E-state index in [2.05, 4.69) is 20.2 Å². The van der Waals surface area contributed by atoms with Gasteiger partial charge in [-0.25, -0.2) is 18.7 Å². The average molecular weight is 337 g/mol. The van der Waals surface area contributed by atoms with Gasteiger partial charge < -0.3 is 10.2 Å². The van der Waals surface area contributed by atoms with Crippen molar-refractivity contribution in [3.05, 3.63) is 23.8 Å². The predicted molar refractivity (Wildman–Crippen MR) is 82.5 cm³/mol. The van der Waals surface area contributed by atoms with Crippen LogP contribution in [0.25, 0.3) is 0 Å². The molecular formula is C16H21F2N5O. The summed E-state index contributed by atoms with van der Waals surface area (Å²) < 4.78 is 26.6. The van der Waals surface area contributed by atoms with Gasteiger partial charge in [0.1, 0.15) is 6.33 Å². The SMILES string of the molecule is O=C([C@@H]1C[C@H](N2CCc3ncncc3C2)CN1)N1CCC(F)(F)C1. The molecule has 24 heavy (non-hydrogen) atoms. The molecule has 3 aliphatic rings. The van der Waals surface area contributed by atoms with Gasteiger partial charge in [0.15, 0.2) is 0 Å². The van der Waals surface area contributed by atoms with Crippen LogP contribution in [-0.2, 0) is 17.8 Å². The number of nitrogens with one attached hydrogen (secondary N) is 1. The van der Waals surface area contributed by atoms with Gasteiger partial charge in [-0.05, 0) is 6.42 Å². The van der Waals surface area contributed by atoms with Gasteiger partial charge in [0, 0.05) is 62.5 Å². The molecule has 130 valence electrons. The molecule has 4 heterocycles. The Morgan fingerprint density at radius 3 is 3.04 bits per heavy atom. The van der Waals surface area contributed by atoms with Crippen LogP contribution < -0.4 is 5.32 Å². The van der Waals surface area contributed by atoms with E-state index in [0.29, 0.717) is 13.0 Å². The fourth-order valence-corrected chi connectivity index (χ4v) is 3.93. The zero-order valence-corrected chi connectivity index (χ0v) is 13.4. The number of amides is 1. The van der Waals surface area contributed by atoms with Crippen LogP contribution >= 0.6 is 0 Å². The third-order valence-electron chi connectivity index (χ3n) is 5.29. The molecule has 0 aromatic carbocycles. The lowest BCUT2D eigenvalue weighted by atomic mass is 10.0. The lowest BCUT2D eigenvalue weighted by Gasteiger charge is -2.32. The smallest absolute Gasteiger partial charge is 0.267 e. The molecule has 0 spiro atoms. The number of rotatable bonds is 2. The van der Waals surface area contributed by atoms with Gasteiger partial charge in [0.05, 0.1) is 12.6 Å². The molecule has 0 saturated carbocycles. The van der Waals surface area contributed by atoms with Gasteiger partial charge in [-0.2, -0.15) is 0 Å². The minimum atomic E-state index is -2.73. The van der Waals surface area contributed by atoms with Crippen LogP contribution in [0.1, 0.15) is 24.1 Å². The van der Waals surface area contributed by atoms with Crippen molar-refractivity contribution < 1.29 is 13.6 Å². The van der Waals surface area contributed by atoms with E-state index in [1.165, 1.54) is 4.90 Å². The first-order chi connectivity index (χ1) is 11.5. The van der Waals surface area contributed by atoms with E-state index in [0.717, 1.165) is 30.8 Å². The maximum Gasteiger partial charge on any atom is 0.267 e. The molecule has 6 nitrogen and oxygen atoms in total. The molecule has 8 heteroatoms. The first-order valence-corrected chi connectivity index (χ1v) is 8.44. The minimum Gasteiger partial charge on any atom is -0.335 e. The summed E-state index contributed by atoms with van der Waals surface area (Å²) in [5, 5.41) is 3.22. The second kappa shape index (κ2) is 6.00. The molecule has 2 fully saturated rings. The third kappa shape index (κ3) is 3.00. The number of hydrogen-bond acceptors (Lipinski definition) is 5. The van der Waals surface area contributed by atoms with Crippen molar-refractivity contribution in [1.29, 1.82) is 0 Å². The zero-order chi connectivity index (χ0) is 16.7. The summed E-state index contributed by atoms with van der Waals surface area (Å²) in [5.74, 6) is -2.92. The van der Waals surface area contributed by atoms with Crippen LogP contribution in [0.5, 0.6) is 0 Å². The Morgan fingerprint density at radius 2 is 2.25 bits per heavy atom. The second-order valence-electron chi connectivity index (χ2n) is 6.93. The number of carbonyl (C=O) groups is 1. The van der Waals surface area contributed by atoms with Crippen molar-refractivity contribution in [3.8, 4) is 0 Å². The molecule has 0 bridgehead atoms. The largest absolute Gasteiger partial charge is 0.335 e. The summed E-state index contributed by atoms with van der Waals surface area (Å²) in [6.45, 7) is 2.11. The van der Waals surface area contributed by atoms with Crippen LogP contribution in [0.2, 0.25) is 0 Å². The van der Waals surface area contributed by atoms with Crippen LogP contribution in [0, 0.1) is 0 Å². The monoisotopic (exact) mass is 337 g/mol. The molecule has 4 rings (SSSR count). The van der Waals surface area contributed by atoms with E-state index >= 15 is 0 Å². The summed E-state index contributed by atoms with van der Waals surface area (Å²) in [6, 6.07) is -0.104. The van der Waals surface area contributed by atoms with E-state index in [1.54, 1.807) is 6.33 Å². The number of aromatic nitrogens is 2. The van der Waals surface area contributed by atoms with Crippen molar-refractivity contribution in [3.63, 3.8) is 0 Å². The molecular weight excluding hydrogens is 316 g/mol. The van der Waals surface area contributed by atoms with Crippen LogP contribution in [0.3, 0.4) is 0 Å². The highest BCUT2D eigenvalue weighted by molar-refractivity contribution is 5.82. The molecule has 0 unspecified atom stereocenters. The summed E-state index contributed by atoms with van der Waals surface area (Å²) in [4.78, 5) is 24.5. The first-order valence-electron chi connectivity index (χ1n) is 8.44. The predicted octanol–water partition coefficient (Wildman–Crippen LogP) is 0.433. The van der Waals surface area contributed by atoms with Crippen LogP contribution in [0.15, 0.2) is 12.5 Å². The molecule has 2 atom stereocenters. The molecule has 1 N–H and O–H groups in total. The summed E-state index contributed by atoms with van der Waals surface area (Å²) >= 11 is 0. The minimum absolute atomic E-state index is 0.156. The van der Waals surface area contributed by atoms with Gasteiger partial charge in [0.2, 0.25) is 5.91 Å². The maximum absolute atomic E-state index is 13.3. The quantitative estimate of drug-likeness (QED) is 0.848. The standard InChI is InChI=1S/C16H21F2N5O/c17-16(18)2-4-23(9-16)15(24)14-5-12(7-20-14)22-3-1-13-11(8-22)6-19-10-21-13/h6,10,12,14,20H,1-5,7-9H2/t12-,14-/m0/s1. The molecule has 2 saturated heterocycles. The fraction of sp³-hybridized carbons (Fsp3) is 0.688. The number of fused-ring (bicyclic) bond motifs is 1. The number of likely N-dealkylation sites (tertiary alicyclic amines) is 1. The first kappa shape index (κ1) is 15.8. The summed E-state index contributed by atoms with van der Waals surface area (Å²) in [5.41, 5.74) is 2.23. The zero-order valence-electron chi connectivity index (χ0n) is 13.4. The molecule has 1 aromatic rings. The number of nitrogens with zero attached hydrogens (tertiary/aromatic N) is 4. The molecule has 0 aliphatic carbocycles. The Bertz CT molecular complexity index is 641. The number of halogens is 2. The molecule has 0 radical (unpaired) electrons. The Labute approximate surface area is 139 Å². The van der Waals surface area contributed by atoms with Gasteiger partial charge in [-0.1, -0.05) is 0 Å². The maximum atomic E-state index is 13.3. The highest BCUT2D eigenvalue weighted by atomic mass is 19.3. The summed E-state index contributed by atoms with van der Waals surface area (Å²) in [7, 11) is 0. The van der Waals surface area contributed by atoms with Crippen molar-refractivity contribution in [1.82, 2.24) is 25.1 Å². The summed E-state index contributed by atoms with van der Waals surface area (Å²) in [6.07, 6.45) is 4.75. The highest BCUT2D eigenvalue weighted by Gasteiger charge is 2.43. The molecule has 1 aromatic heterocycles. The van der Waals surface area contributed by atoms with Gasteiger partial charge >= 0.3 is 0 Å². The molecule has 3 aliphatic heterocycles. The van der Waals surface area contributed by atoms with E-state index in [9.17, 15) is 13.6 Å². The fourth-order valence-electron chi connectivity index (χ4n) is 3.93. The van der Waals surface area contributed by atoms with E-state index in [4.69, 9.17) is 0 Å². The van der Waals surface area contributed by atoms with Gasteiger partial charge in [-0.3, -0.25) is 9.69 Å². The number of hydrogen-bond donors (Lipinski definition) is 1. The van der Waals surface area contributed by atoms with Crippen LogP contribution in [0.4, 0.5) is 8.78 Å². The van der Waals surface area contributed by atoms with Gasteiger partial charge in [0.25, 0.3) is 5.92 Å². The van der Waals surface area contributed by atoms with Crippen molar-refractivity contribution in [2.24, 2.45) is 0 Å². The lowest BCUT2D eigenvalue weighted by molar-refractivity contribution is -0.133. The van der Waals surface area contributed by atoms with Gasteiger partial charge in [-0.15, -0.1) is 0 Å². The number of carbonyl (C=O) groups excluding carboxylic acids is 1. The molecule has 1 amide bonds. The lowest BCUT2D eigenvalue weighted by Crippen LogP contribution is -2.43. The number of alkyl halides is 2. The topological polar surface area (TPSA) is 61.4 Å². The van der Waals surface area contributed by atoms with E-state index in [1.807, 2.05) is 6.20 Å². The van der Waals surface area contributed by atoms with Crippen molar-refractivity contribution in [2.75, 3.05) is 26.2 Å². The van der Waals surface area contributed by atoms with E-state index in [-0.39, 0.29) is 31.0 Å². The van der Waals surface area contributed by atoms with Crippen molar-refractivity contribution >= 4 is 5.91 Å². The Kier molecular flexibility index (Phi) is 3.96.